The van der Waals surface area contributed by atoms with Gasteiger partial charge in [0, 0.05) is 31.7 Å². The van der Waals surface area contributed by atoms with Gasteiger partial charge in [-0.05, 0) is 49.2 Å². The number of benzene rings is 2. The van der Waals surface area contributed by atoms with E-state index in [1.165, 1.54) is 6.07 Å². The first kappa shape index (κ1) is 24.1. The highest BCUT2D eigenvalue weighted by molar-refractivity contribution is 5.98. The first-order valence-electron chi connectivity index (χ1n) is 11.2. The van der Waals surface area contributed by atoms with Gasteiger partial charge in [-0.2, -0.15) is 0 Å². The molecule has 1 fully saturated rings. The summed E-state index contributed by atoms with van der Waals surface area (Å²) in [4.78, 5) is 41.9. The van der Waals surface area contributed by atoms with Gasteiger partial charge in [-0.1, -0.05) is 26.0 Å². The molecule has 176 valence electrons. The fourth-order valence-electron chi connectivity index (χ4n) is 3.76. The summed E-state index contributed by atoms with van der Waals surface area (Å²) in [5.74, 6) is -0.230. The summed E-state index contributed by atoms with van der Waals surface area (Å²) in [6.07, 6.45) is 0. The van der Waals surface area contributed by atoms with Crippen molar-refractivity contribution in [1.82, 2.24) is 15.1 Å². The zero-order valence-electron chi connectivity index (χ0n) is 19.3. The van der Waals surface area contributed by atoms with Gasteiger partial charge in [-0.25, -0.2) is 0 Å². The van der Waals surface area contributed by atoms with Gasteiger partial charge in [0.05, 0.1) is 12.2 Å². The quantitative estimate of drug-likeness (QED) is 0.671. The third-order valence-electron chi connectivity index (χ3n) is 5.66. The van der Waals surface area contributed by atoms with Crippen LogP contribution in [0.1, 0.15) is 41.5 Å². The van der Waals surface area contributed by atoms with Crippen LogP contribution >= 0.6 is 0 Å². The second-order valence-electron chi connectivity index (χ2n) is 8.29. The van der Waals surface area contributed by atoms with Gasteiger partial charge in [0.2, 0.25) is 5.91 Å². The van der Waals surface area contributed by atoms with Crippen molar-refractivity contribution in [1.29, 1.82) is 0 Å². The number of carbonyl (C=O) groups excluding carboxylic acids is 3. The number of nitrogens with one attached hydrogen (secondary N) is 1. The van der Waals surface area contributed by atoms with Crippen LogP contribution in [0.4, 0.5) is 0 Å². The van der Waals surface area contributed by atoms with E-state index in [9.17, 15) is 19.5 Å². The van der Waals surface area contributed by atoms with Crippen molar-refractivity contribution in [2.45, 2.75) is 26.8 Å². The molecular formula is C25H31N3O5. The van der Waals surface area contributed by atoms with Crippen LogP contribution < -0.4 is 10.1 Å². The van der Waals surface area contributed by atoms with E-state index in [0.29, 0.717) is 44.1 Å². The molecule has 3 amide bonds. The molecule has 1 unspecified atom stereocenters. The summed E-state index contributed by atoms with van der Waals surface area (Å²) in [7, 11) is 0. The van der Waals surface area contributed by atoms with E-state index in [0.717, 1.165) is 0 Å². The highest BCUT2D eigenvalue weighted by atomic mass is 16.5. The topological polar surface area (TPSA) is 99.2 Å². The van der Waals surface area contributed by atoms with Crippen molar-refractivity contribution >= 4 is 17.7 Å². The Morgan fingerprint density at radius 3 is 2.15 bits per heavy atom. The average Bonchev–Trinajstić information content (AvgIpc) is 2.82. The lowest BCUT2D eigenvalue weighted by Gasteiger charge is -2.37. The van der Waals surface area contributed by atoms with Crippen LogP contribution in [0, 0.1) is 5.92 Å². The van der Waals surface area contributed by atoms with Crippen molar-refractivity contribution < 1.29 is 24.2 Å². The fourth-order valence-corrected chi connectivity index (χ4v) is 3.76. The number of hydrogen-bond donors (Lipinski definition) is 2. The van der Waals surface area contributed by atoms with E-state index in [1.807, 2.05) is 20.8 Å². The molecule has 1 atom stereocenters. The minimum Gasteiger partial charge on any atom is -0.507 e. The van der Waals surface area contributed by atoms with Gasteiger partial charge in [-0.3, -0.25) is 14.4 Å². The summed E-state index contributed by atoms with van der Waals surface area (Å²) < 4.78 is 5.40. The summed E-state index contributed by atoms with van der Waals surface area (Å²) in [5, 5.41) is 12.8. The Hall–Kier alpha value is -3.55. The van der Waals surface area contributed by atoms with Gasteiger partial charge in [0.1, 0.15) is 17.5 Å². The van der Waals surface area contributed by atoms with Crippen LogP contribution in [-0.2, 0) is 4.79 Å². The van der Waals surface area contributed by atoms with Crippen LogP contribution in [0.15, 0.2) is 48.5 Å². The zero-order chi connectivity index (χ0) is 24.0. The van der Waals surface area contributed by atoms with Crippen molar-refractivity contribution in [3.63, 3.8) is 0 Å². The van der Waals surface area contributed by atoms with Gasteiger partial charge in [0.15, 0.2) is 0 Å². The first-order chi connectivity index (χ1) is 15.8. The molecule has 0 radical (unpaired) electrons. The fraction of sp³-hybridized carbons (Fsp3) is 0.400. The van der Waals surface area contributed by atoms with Crippen molar-refractivity contribution in [2.75, 3.05) is 32.8 Å². The van der Waals surface area contributed by atoms with E-state index in [4.69, 9.17) is 4.74 Å². The molecule has 1 aliphatic heterocycles. The summed E-state index contributed by atoms with van der Waals surface area (Å²) in [6.45, 7) is 7.65. The number of nitrogens with zero attached hydrogens (tertiary/aromatic N) is 2. The zero-order valence-corrected chi connectivity index (χ0v) is 19.3. The molecule has 0 spiro atoms. The monoisotopic (exact) mass is 453 g/mol. The number of aromatic hydroxyl groups is 1. The highest BCUT2D eigenvalue weighted by Crippen LogP contribution is 2.19. The first-order valence-corrected chi connectivity index (χ1v) is 11.2. The van der Waals surface area contributed by atoms with E-state index in [1.54, 1.807) is 52.3 Å². The largest absolute Gasteiger partial charge is 0.507 e. The maximum absolute atomic E-state index is 13.2. The number of para-hydroxylation sites is 1. The minimum atomic E-state index is -0.676. The van der Waals surface area contributed by atoms with E-state index in [-0.39, 0.29) is 35.0 Å². The molecule has 8 heteroatoms. The Balaban J connectivity index is 1.60. The van der Waals surface area contributed by atoms with Crippen molar-refractivity contribution in [3.8, 4) is 11.5 Å². The number of rotatable bonds is 7. The Kier molecular flexibility index (Phi) is 7.92. The van der Waals surface area contributed by atoms with Crippen molar-refractivity contribution in [3.05, 3.63) is 59.7 Å². The van der Waals surface area contributed by atoms with E-state index in [2.05, 4.69) is 5.32 Å². The third kappa shape index (κ3) is 5.83. The van der Waals surface area contributed by atoms with Crippen LogP contribution in [-0.4, -0.2) is 71.5 Å². The number of phenols is 1. The molecular weight excluding hydrogens is 422 g/mol. The molecule has 0 aromatic heterocycles. The smallest absolute Gasteiger partial charge is 0.257 e. The second-order valence-corrected chi connectivity index (χ2v) is 8.29. The summed E-state index contributed by atoms with van der Waals surface area (Å²) in [5.41, 5.74) is 0.704. The average molecular weight is 454 g/mol. The molecule has 0 aliphatic carbocycles. The number of piperazine rings is 1. The standard InChI is InChI=1S/C25H31N3O5/c1-4-33-19-11-9-18(10-12-19)23(30)26-22(17(2)3)25(32)28-15-13-27(14-16-28)24(31)20-7-5-6-8-21(20)29/h5-12,17,22,29H,4,13-16H2,1-3H3,(H,26,30). The lowest BCUT2D eigenvalue weighted by Crippen LogP contribution is -2.57. The summed E-state index contributed by atoms with van der Waals surface area (Å²) >= 11 is 0. The molecule has 1 heterocycles. The SMILES string of the molecule is CCOc1ccc(C(=O)NC(C(=O)N2CCN(C(=O)c3ccccc3O)CC2)C(C)C)cc1. The molecule has 2 aromatic rings. The molecule has 0 saturated carbocycles. The predicted octanol–water partition coefficient (Wildman–Crippen LogP) is 2.53. The molecule has 1 saturated heterocycles. The van der Waals surface area contributed by atoms with Crippen LogP contribution in [0.25, 0.3) is 0 Å². The molecule has 2 N–H and O–H groups in total. The van der Waals surface area contributed by atoms with Crippen LogP contribution in [0.2, 0.25) is 0 Å². The Labute approximate surface area is 194 Å². The maximum atomic E-state index is 13.2. The van der Waals surface area contributed by atoms with Crippen LogP contribution in [0.3, 0.4) is 0 Å². The Morgan fingerprint density at radius 1 is 0.970 bits per heavy atom. The highest BCUT2D eigenvalue weighted by Gasteiger charge is 2.32. The number of ether oxygens (including phenoxy) is 1. The Bertz CT molecular complexity index is 982. The molecule has 3 rings (SSSR count). The lowest BCUT2D eigenvalue weighted by molar-refractivity contribution is -0.135. The van der Waals surface area contributed by atoms with Gasteiger partial charge in [-0.15, -0.1) is 0 Å². The van der Waals surface area contributed by atoms with E-state index < -0.39 is 6.04 Å². The molecule has 2 aromatic carbocycles. The second kappa shape index (κ2) is 10.8. The van der Waals surface area contributed by atoms with Gasteiger partial charge < -0.3 is 25.0 Å². The molecule has 1 aliphatic rings. The van der Waals surface area contributed by atoms with Gasteiger partial charge in [0.25, 0.3) is 11.8 Å². The maximum Gasteiger partial charge on any atom is 0.257 e. The third-order valence-corrected chi connectivity index (χ3v) is 5.66. The number of hydrogen-bond acceptors (Lipinski definition) is 5. The minimum absolute atomic E-state index is 0.0575. The molecule has 33 heavy (non-hydrogen) atoms. The van der Waals surface area contributed by atoms with Gasteiger partial charge >= 0.3 is 0 Å². The number of carbonyl (C=O) groups is 3. The molecule has 0 bridgehead atoms. The van der Waals surface area contributed by atoms with Crippen LogP contribution in [0.5, 0.6) is 11.5 Å². The normalized spacial score (nSPS) is 14.7. The lowest BCUT2D eigenvalue weighted by atomic mass is 10.0. The number of phenolic OH excluding ortho intramolecular Hbond substituents is 1. The molecule has 8 nitrogen and oxygen atoms in total. The van der Waals surface area contributed by atoms with E-state index >= 15 is 0 Å². The summed E-state index contributed by atoms with van der Waals surface area (Å²) in [6, 6.07) is 12.6. The van der Waals surface area contributed by atoms with Crippen molar-refractivity contribution in [2.24, 2.45) is 5.92 Å². The Morgan fingerprint density at radius 2 is 1.58 bits per heavy atom. The predicted molar refractivity (Wildman–Crippen MR) is 124 cm³/mol. The number of amides is 3.